The van der Waals surface area contributed by atoms with Gasteiger partial charge in [0.25, 0.3) is 0 Å². The van der Waals surface area contributed by atoms with Gasteiger partial charge in [0.15, 0.2) is 0 Å². The molecule has 0 spiro atoms. The number of nitrogens with zero attached hydrogens (tertiary/aromatic N) is 2. The molecule has 0 bridgehead atoms. The van der Waals surface area contributed by atoms with E-state index in [1.54, 1.807) is 0 Å². The number of amides is 1. The molecule has 1 saturated heterocycles. The quantitative estimate of drug-likeness (QED) is 0.813. The van der Waals surface area contributed by atoms with Crippen LogP contribution in [0.15, 0.2) is 30.3 Å². The van der Waals surface area contributed by atoms with Crippen molar-refractivity contribution in [3.8, 4) is 6.07 Å². The van der Waals surface area contributed by atoms with Crippen LogP contribution >= 0.6 is 0 Å². The van der Waals surface area contributed by atoms with Crippen LogP contribution in [0.25, 0.3) is 0 Å². The maximum atomic E-state index is 11.7. The predicted octanol–water partition coefficient (Wildman–Crippen LogP) is 1.51. The van der Waals surface area contributed by atoms with Crippen molar-refractivity contribution in [2.75, 3.05) is 26.2 Å². The van der Waals surface area contributed by atoms with E-state index in [9.17, 15) is 4.79 Å². The molecule has 0 saturated carbocycles. The number of nitrogens with one attached hydrogen (secondary N) is 1. The lowest BCUT2D eigenvalue weighted by Gasteiger charge is -2.15. The van der Waals surface area contributed by atoms with Crippen molar-refractivity contribution in [2.24, 2.45) is 0 Å². The van der Waals surface area contributed by atoms with E-state index in [1.807, 2.05) is 12.1 Å². The Morgan fingerprint density at radius 3 is 2.95 bits per heavy atom. The first-order valence-corrected chi connectivity index (χ1v) is 6.70. The third kappa shape index (κ3) is 4.08. The number of benzene rings is 1. The zero-order chi connectivity index (χ0) is 13.5. The average molecular weight is 257 g/mol. The number of rotatable bonds is 5. The summed E-state index contributed by atoms with van der Waals surface area (Å²) in [4.78, 5) is 13.8. The van der Waals surface area contributed by atoms with Gasteiger partial charge in [0.2, 0.25) is 5.91 Å². The van der Waals surface area contributed by atoms with E-state index in [-0.39, 0.29) is 5.91 Å². The van der Waals surface area contributed by atoms with Crippen LogP contribution < -0.4 is 5.32 Å². The fraction of sp³-hybridized carbons (Fsp3) is 0.467. The van der Waals surface area contributed by atoms with Gasteiger partial charge in [-0.1, -0.05) is 30.3 Å². The van der Waals surface area contributed by atoms with Gasteiger partial charge in [-0.3, -0.25) is 9.69 Å². The highest BCUT2D eigenvalue weighted by molar-refractivity contribution is 5.78. The first-order valence-electron chi connectivity index (χ1n) is 6.70. The zero-order valence-electron chi connectivity index (χ0n) is 11.0. The summed E-state index contributed by atoms with van der Waals surface area (Å²) in [5.41, 5.74) is 1.36. The topological polar surface area (TPSA) is 56.1 Å². The highest BCUT2D eigenvalue weighted by Gasteiger charge is 2.24. The molecule has 1 aromatic rings. The molecule has 1 unspecified atom stereocenters. The molecule has 1 fully saturated rings. The Bertz CT molecular complexity index is 452. The molecule has 0 radical (unpaired) electrons. The second-order valence-electron chi connectivity index (χ2n) is 4.89. The Hall–Kier alpha value is -1.86. The molecule has 1 aromatic carbocycles. The molecule has 4 nitrogen and oxygen atoms in total. The Labute approximate surface area is 114 Å². The van der Waals surface area contributed by atoms with Gasteiger partial charge < -0.3 is 5.32 Å². The maximum absolute atomic E-state index is 11.7. The second-order valence-corrected chi connectivity index (χ2v) is 4.89. The monoisotopic (exact) mass is 257 g/mol. The molecule has 1 heterocycles. The first-order chi connectivity index (χ1) is 9.29. The van der Waals surface area contributed by atoms with Gasteiger partial charge in [0, 0.05) is 13.1 Å². The van der Waals surface area contributed by atoms with E-state index < -0.39 is 0 Å². The summed E-state index contributed by atoms with van der Waals surface area (Å²) in [6.45, 7) is 2.79. The highest BCUT2D eigenvalue weighted by atomic mass is 16.2. The third-order valence-corrected chi connectivity index (χ3v) is 3.47. The standard InChI is InChI=1S/C15H19N3O/c16-8-4-9-17-15(19)12-18-10-7-14(11-18)13-5-2-1-3-6-13/h1-3,5-6,14H,4,7,9-12H2,(H,17,19). The molecule has 0 aromatic heterocycles. The minimum Gasteiger partial charge on any atom is -0.354 e. The van der Waals surface area contributed by atoms with Crippen LogP contribution in [0, 0.1) is 11.3 Å². The number of nitriles is 1. The van der Waals surface area contributed by atoms with Crippen molar-refractivity contribution in [3.63, 3.8) is 0 Å². The highest BCUT2D eigenvalue weighted by Crippen LogP contribution is 2.26. The Morgan fingerprint density at radius 2 is 2.21 bits per heavy atom. The average Bonchev–Trinajstić information content (AvgIpc) is 2.88. The summed E-state index contributed by atoms with van der Waals surface area (Å²) >= 11 is 0. The predicted molar refractivity (Wildman–Crippen MR) is 73.5 cm³/mol. The fourth-order valence-electron chi connectivity index (χ4n) is 2.49. The molecule has 1 atom stereocenters. The van der Waals surface area contributed by atoms with Crippen molar-refractivity contribution in [1.82, 2.24) is 10.2 Å². The second kappa shape index (κ2) is 6.91. The Balaban J connectivity index is 1.76. The van der Waals surface area contributed by atoms with Gasteiger partial charge in [-0.2, -0.15) is 5.26 Å². The molecule has 1 aliphatic heterocycles. The Kier molecular flexibility index (Phi) is 4.93. The minimum absolute atomic E-state index is 0.0176. The largest absolute Gasteiger partial charge is 0.354 e. The van der Waals surface area contributed by atoms with Crippen LogP contribution in [0.4, 0.5) is 0 Å². The molecule has 2 rings (SSSR count). The smallest absolute Gasteiger partial charge is 0.234 e. The van der Waals surface area contributed by atoms with Gasteiger partial charge >= 0.3 is 0 Å². The third-order valence-electron chi connectivity index (χ3n) is 3.47. The van der Waals surface area contributed by atoms with Crippen LogP contribution in [-0.4, -0.2) is 37.0 Å². The van der Waals surface area contributed by atoms with E-state index in [0.29, 0.717) is 25.4 Å². The molecule has 100 valence electrons. The first kappa shape index (κ1) is 13.6. The van der Waals surface area contributed by atoms with E-state index in [0.717, 1.165) is 19.5 Å². The maximum Gasteiger partial charge on any atom is 0.234 e. The van der Waals surface area contributed by atoms with Crippen molar-refractivity contribution in [1.29, 1.82) is 5.26 Å². The van der Waals surface area contributed by atoms with Gasteiger partial charge in [0.05, 0.1) is 19.0 Å². The van der Waals surface area contributed by atoms with Crippen molar-refractivity contribution >= 4 is 5.91 Å². The van der Waals surface area contributed by atoms with Crippen LogP contribution in [0.3, 0.4) is 0 Å². The van der Waals surface area contributed by atoms with Crippen LogP contribution in [0.2, 0.25) is 0 Å². The van der Waals surface area contributed by atoms with Crippen molar-refractivity contribution in [2.45, 2.75) is 18.8 Å². The van der Waals surface area contributed by atoms with E-state index in [4.69, 9.17) is 5.26 Å². The zero-order valence-corrected chi connectivity index (χ0v) is 11.0. The van der Waals surface area contributed by atoms with Gasteiger partial charge in [0.1, 0.15) is 0 Å². The summed E-state index contributed by atoms with van der Waals surface area (Å²) in [7, 11) is 0. The lowest BCUT2D eigenvalue weighted by molar-refractivity contribution is -0.121. The van der Waals surface area contributed by atoms with Crippen LogP contribution in [0.1, 0.15) is 24.3 Å². The molecular formula is C15H19N3O. The fourth-order valence-corrected chi connectivity index (χ4v) is 2.49. The van der Waals surface area contributed by atoms with Gasteiger partial charge in [-0.05, 0) is 24.4 Å². The number of likely N-dealkylation sites (tertiary alicyclic amines) is 1. The number of hydrogen-bond acceptors (Lipinski definition) is 3. The summed E-state index contributed by atoms with van der Waals surface area (Å²) < 4.78 is 0. The molecule has 1 amide bonds. The number of carbonyl (C=O) groups excluding carboxylic acids is 1. The van der Waals surface area contributed by atoms with Crippen LogP contribution in [-0.2, 0) is 4.79 Å². The SMILES string of the molecule is N#CCCNC(=O)CN1CCC(c2ccccc2)C1. The normalized spacial score (nSPS) is 19.0. The van der Waals surface area contributed by atoms with E-state index in [1.165, 1.54) is 5.56 Å². The molecule has 1 N–H and O–H groups in total. The molecule has 1 aliphatic rings. The minimum atomic E-state index is 0.0176. The van der Waals surface area contributed by atoms with E-state index >= 15 is 0 Å². The number of carbonyl (C=O) groups is 1. The summed E-state index contributed by atoms with van der Waals surface area (Å²) in [6, 6.07) is 12.5. The van der Waals surface area contributed by atoms with Crippen molar-refractivity contribution < 1.29 is 4.79 Å². The summed E-state index contributed by atoms with van der Waals surface area (Å²) in [5.74, 6) is 0.553. The summed E-state index contributed by atoms with van der Waals surface area (Å²) in [5, 5.41) is 11.2. The lowest BCUT2D eigenvalue weighted by atomic mass is 9.99. The summed E-state index contributed by atoms with van der Waals surface area (Å²) in [6.07, 6.45) is 1.48. The number of hydrogen-bond donors (Lipinski definition) is 1. The molecule has 0 aliphatic carbocycles. The van der Waals surface area contributed by atoms with E-state index in [2.05, 4.69) is 34.5 Å². The van der Waals surface area contributed by atoms with Crippen LogP contribution in [0.5, 0.6) is 0 Å². The molecule has 4 heteroatoms. The Morgan fingerprint density at radius 1 is 1.42 bits per heavy atom. The van der Waals surface area contributed by atoms with Crippen molar-refractivity contribution in [3.05, 3.63) is 35.9 Å². The lowest BCUT2D eigenvalue weighted by Crippen LogP contribution is -2.36. The van der Waals surface area contributed by atoms with Gasteiger partial charge in [-0.25, -0.2) is 0 Å². The molecular weight excluding hydrogens is 238 g/mol. The molecule has 19 heavy (non-hydrogen) atoms. The van der Waals surface area contributed by atoms with Gasteiger partial charge in [-0.15, -0.1) is 0 Å².